The van der Waals surface area contributed by atoms with Crippen LogP contribution in [0.15, 0.2) is 72.8 Å². The molecule has 0 aromatic heterocycles. The molecule has 2 fully saturated rings. The zero-order valence-electron chi connectivity index (χ0n) is 30.6. The van der Waals surface area contributed by atoms with E-state index in [0.717, 1.165) is 76.6 Å². The summed E-state index contributed by atoms with van der Waals surface area (Å²) in [5.74, 6) is 12.4. The number of allylic oxidation sites excluding steroid dienone is 2. The van der Waals surface area contributed by atoms with Crippen LogP contribution in [0, 0.1) is 65.2 Å². The summed E-state index contributed by atoms with van der Waals surface area (Å²) < 4.78 is 0. The van der Waals surface area contributed by atoms with E-state index >= 15 is 0 Å². The van der Waals surface area contributed by atoms with E-state index in [9.17, 15) is 9.59 Å². The number of hydrogen-bond donors (Lipinski definition) is 0. The van der Waals surface area contributed by atoms with Crippen molar-refractivity contribution >= 4 is 11.8 Å². The summed E-state index contributed by atoms with van der Waals surface area (Å²) >= 11 is 0. The molecule has 6 heteroatoms. The number of piperazine rings is 2. The van der Waals surface area contributed by atoms with Gasteiger partial charge in [0, 0.05) is 88.7 Å². The summed E-state index contributed by atoms with van der Waals surface area (Å²) in [6.07, 6.45) is 6.53. The molecule has 3 aromatic carbocycles. The maximum Gasteiger partial charge on any atom is 0.247 e. The van der Waals surface area contributed by atoms with E-state index in [1.165, 1.54) is 44.5 Å². The van der Waals surface area contributed by atoms with Gasteiger partial charge in [-0.2, -0.15) is 0 Å². The van der Waals surface area contributed by atoms with Crippen LogP contribution < -0.4 is 0 Å². The third-order valence-electron chi connectivity index (χ3n) is 10.1. The molecule has 5 rings (SSSR count). The number of hydrogen-bond acceptors (Lipinski definition) is 4. The number of nitrogens with zero attached hydrogens (tertiary/aromatic N) is 4. The molecule has 0 saturated carbocycles. The molecule has 258 valence electrons. The zero-order chi connectivity index (χ0) is 35.6. The SMILES string of the molecule is Cc1cc(C#C/C=C/C(=O)N2CCN(Cc3ccc(CN4CCN(C(=O)/C=C/C#Cc5cc(C)c(C)c(C)c5)CC4)cc3)CC2)cc(C)c1C. The molecule has 0 unspecified atom stereocenters. The van der Waals surface area contributed by atoms with Crippen molar-refractivity contribution < 1.29 is 9.59 Å². The van der Waals surface area contributed by atoms with Crippen LogP contribution in [-0.2, 0) is 22.7 Å². The van der Waals surface area contributed by atoms with Crippen LogP contribution in [0.5, 0.6) is 0 Å². The van der Waals surface area contributed by atoms with Crippen LogP contribution in [-0.4, -0.2) is 83.8 Å². The summed E-state index contributed by atoms with van der Waals surface area (Å²) in [5, 5.41) is 0. The number of aryl methyl sites for hydroxylation is 4. The van der Waals surface area contributed by atoms with E-state index in [0.29, 0.717) is 0 Å². The molecule has 50 heavy (non-hydrogen) atoms. The van der Waals surface area contributed by atoms with Gasteiger partial charge in [0.25, 0.3) is 0 Å². The van der Waals surface area contributed by atoms with E-state index < -0.39 is 0 Å². The molecule has 6 nitrogen and oxygen atoms in total. The minimum atomic E-state index is 0.0227. The van der Waals surface area contributed by atoms with Gasteiger partial charge in [-0.15, -0.1) is 0 Å². The van der Waals surface area contributed by atoms with Crippen molar-refractivity contribution in [3.8, 4) is 23.7 Å². The van der Waals surface area contributed by atoms with Crippen molar-refractivity contribution in [2.24, 2.45) is 0 Å². The van der Waals surface area contributed by atoms with Crippen molar-refractivity contribution in [1.29, 1.82) is 0 Å². The number of amides is 2. The standard InChI is InChI=1S/C44H50N4O2/c1-33-27-41(28-34(2)37(33)5)11-7-9-13-43(49)47-23-19-45(20-24-47)31-39-15-17-40(18-16-39)32-46-21-25-48(26-22-46)44(50)14-10-8-12-42-29-35(3)38(6)36(4)30-42/h9-10,13-18,27-30H,19-26,31-32H2,1-6H3/b13-9+,14-10+. The topological polar surface area (TPSA) is 47.1 Å². The second-order valence-corrected chi connectivity index (χ2v) is 13.7. The van der Waals surface area contributed by atoms with Crippen molar-refractivity contribution in [3.05, 3.63) is 128 Å². The van der Waals surface area contributed by atoms with E-state index in [4.69, 9.17) is 0 Å². The molecule has 0 bridgehead atoms. The van der Waals surface area contributed by atoms with Gasteiger partial charge in [-0.25, -0.2) is 0 Å². The molecule has 0 atom stereocenters. The van der Waals surface area contributed by atoms with Crippen molar-refractivity contribution in [2.75, 3.05) is 52.4 Å². The first-order chi connectivity index (χ1) is 24.0. The van der Waals surface area contributed by atoms with E-state index in [1.54, 1.807) is 24.3 Å². The first kappa shape index (κ1) is 36.4. The van der Waals surface area contributed by atoms with Crippen LogP contribution in [0.25, 0.3) is 0 Å². The molecular formula is C44H50N4O2. The highest BCUT2D eigenvalue weighted by molar-refractivity contribution is 5.88. The summed E-state index contributed by atoms with van der Waals surface area (Å²) in [4.78, 5) is 34.1. The monoisotopic (exact) mass is 666 g/mol. The quantitative estimate of drug-likeness (QED) is 0.238. The summed E-state index contributed by atoms with van der Waals surface area (Å²) in [5.41, 5.74) is 12.0. The van der Waals surface area contributed by atoms with E-state index in [-0.39, 0.29) is 11.8 Å². The predicted molar refractivity (Wildman–Crippen MR) is 203 cm³/mol. The van der Waals surface area contributed by atoms with Crippen molar-refractivity contribution in [3.63, 3.8) is 0 Å². The second kappa shape index (κ2) is 17.2. The van der Waals surface area contributed by atoms with Crippen molar-refractivity contribution in [1.82, 2.24) is 19.6 Å². The van der Waals surface area contributed by atoms with Gasteiger partial charge in [0.2, 0.25) is 11.8 Å². The fourth-order valence-corrected chi connectivity index (χ4v) is 6.42. The van der Waals surface area contributed by atoms with Gasteiger partial charge in [0.15, 0.2) is 0 Å². The second-order valence-electron chi connectivity index (χ2n) is 13.7. The Labute approximate surface area is 299 Å². The normalized spacial score (nSPS) is 15.6. The Balaban J connectivity index is 1.00. The minimum Gasteiger partial charge on any atom is -0.337 e. The van der Waals surface area contributed by atoms with E-state index in [1.807, 2.05) is 9.80 Å². The lowest BCUT2D eigenvalue weighted by atomic mass is 10.0. The van der Waals surface area contributed by atoms with Crippen LogP contribution >= 0.6 is 0 Å². The molecule has 2 aliphatic heterocycles. The molecule has 3 aromatic rings. The Bertz CT molecular complexity index is 1700. The number of benzene rings is 3. The average Bonchev–Trinajstić information content (AvgIpc) is 3.11. The van der Waals surface area contributed by atoms with E-state index in [2.05, 4.69) is 124 Å². The Kier molecular flexibility index (Phi) is 12.5. The molecule has 0 spiro atoms. The molecule has 2 aliphatic rings. The van der Waals surface area contributed by atoms with Crippen LogP contribution in [0.3, 0.4) is 0 Å². The maximum absolute atomic E-state index is 12.7. The zero-order valence-corrected chi connectivity index (χ0v) is 30.6. The van der Waals surface area contributed by atoms with Gasteiger partial charge in [-0.1, -0.05) is 47.9 Å². The summed E-state index contributed by atoms with van der Waals surface area (Å²) in [6.45, 7) is 20.7. The number of rotatable bonds is 6. The van der Waals surface area contributed by atoms with Gasteiger partial charge >= 0.3 is 0 Å². The Morgan fingerprint density at radius 1 is 0.540 bits per heavy atom. The Morgan fingerprint density at radius 3 is 1.18 bits per heavy atom. The number of carbonyl (C=O) groups is 2. The molecule has 0 aliphatic carbocycles. The highest BCUT2D eigenvalue weighted by atomic mass is 16.2. The smallest absolute Gasteiger partial charge is 0.247 e. The summed E-state index contributed by atoms with van der Waals surface area (Å²) in [6, 6.07) is 17.2. The minimum absolute atomic E-state index is 0.0227. The maximum atomic E-state index is 12.7. The first-order valence-corrected chi connectivity index (χ1v) is 17.7. The molecule has 2 heterocycles. The highest BCUT2D eigenvalue weighted by Gasteiger charge is 2.21. The lowest BCUT2D eigenvalue weighted by Gasteiger charge is -2.34. The van der Waals surface area contributed by atoms with Crippen LogP contribution in [0.2, 0.25) is 0 Å². The van der Waals surface area contributed by atoms with Crippen LogP contribution in [0.4, 0.5) is 0 Å². The van der Waals surface area contributed by atoms with Crippen molar-refractivity contribution in [2.45, 2.75) is 54.6 Å². The van der Waals surface area contributed by atoms with Gasteiger partial charge in [-0.05, 0) is 122 Å². The largest absolute Gasteiger partial charge is 0.337 e. The third kappa shape index (κ3) is 10.1. The fourth-order valence-electron chi connectivity index (χ4n) is 6.42. The third-order valence-corrected chi connectivity index (χ3v) is 10.1. The molecule has 0 N–H and O–H groups in total. The van der Waals surface area contributed by atoms with Gasteiger partial charge in [-0.3, -0.25) is 19.4 Å². The first-order valence-electron chi connectivity index (χ1n) is 17.7. The lowest BCUT2D eigenvalue weighted by Crippen LogP contribution is -2.48. The lowest BCUT2D eigenvalue weighted by molar-refractivity contribution is -0.128. The Hall–Kier alpha value is -4.88. The average molecular weight is 667 g/mol. The van der Waals surface area contributed by atoms with Gasteiger partial charge in [0.1, 0.15) is 0 Å². The summed E-state index contributed by atoms with van der Waals surface area (Å²) in [7, 11) is 0. The van der Waals surface area contributed by atoms with Crippen LogP contribution in [0.1, 0.15) is 55.6 Å². The predicted octanol–water partition coefficient (Wildman–Crippen LogP) is 6.04. The fraction of sp³-hybridized carbons (Fsp3) is 0.364. The highest BCUT2D eigenvalue weighted by Crippen LogP contribution is 2.17. The molecule has 0 radical (unpaired) electrons. The Morgan fingerprint density at radius 2 is 0.860 bits per heavy atom. The van der Waals surface area contributed by atoms with Gasteiger partial charge in [0.05, 0.1) is 0 Å². The molecule has 2 amide bonds. The molecule has 2 saturated heterocycles. The number of carbonyl (C=O) groups excluding carboxylic acids is 2. The van der Waals surface area contributed by atoms with Gasteiger partial charge < -0.3 is 9.80 Å². The molecular weight excluding hydrogens is 617 g/mol.